The third-order valence-corrected chi connectivity index (χ3v) is 7.13. The first-order valence-electron chi connectivity index (χ1n) is 12.2. The molecule has 1 saturated carbocycles. The molecule has 2 heterocycles. The third kappa shape index (κ3) is 6.18. The largest absolute Gasteiger partial charge is 0.351 e. The Hall–Kier alpha value is -1.69. The first-order valence-corrected chi connectivity index (χ1v) is 12.2. The van der Waals surface area contributed by atoms with E-state index in [0.29, 0.717) is 18.4 Å². The van der Waals surface area contributed by atoms with Crippen molar-refractivity contribution in [1.29, 1.82) is 0 Å². The summed E-state index contributed by atoms with van der Waals surface area (Å²) in [6.45, 7) is 5.46. The lowest BCUT2D eigenvalue weighted by Gasteiger charge is -2.32. The van der Waals surface area contributed by atoms with Gasteiger partial charge in [-0.1, -0.05) is 62.6 Å². The summed E-state index contributed by atoms with van der Waals surface area (Å²) in [5, 5.41) is 0. The van der Waals surface area contributed by atoms with Gasteiger partial charge in [-0.25, -0.2) is 0 Å². The van der Waals surface area contributed by atoms with Crippen LogP contribution >= 0.6 is 0 Å². The van der Waals surface area contributed by atoms with E-state index in [-0.39, 0.29) is 24.2 Å². The summed E-state index contributed by atoms with van der Waals surface area (Å²) in [6, 6.07) is 0.0924. The van der Waals surface area contributed by atoms with Gasteiger partial charge in [0.05, 0.1) is 12.0 Å². The van der Waals surface area contributed by atoms with Gasteiger partial charge in [0.15, 0.2) is 6.29 Å². The molecular formula is C26H38N2O3. The zero-order valence-electron chi connectivity index (χ0n) is 18.7. The topological polar surface area (TPSA) is 50.8 Å². The number of ether oxygens (including phenoxy) is 1. The number of rotatable bonds is 9. The smallest absolute Gasteiger partial charge is 0.232 e. The molecule has 0 bridgehead atoms. The summed E-state index contributed by atoms with van der Waals surface area (Å²) in [6.07, 6.45) is 23.7. The summed E-state index contributed by atoms with van der Waals surface area (Å²) >= 11 is 0. The fourth-order valence-corrected chi connectivity index (χ4v) is 5.37. The Kier molecular flexibility index (Phi) is 8.17. The highest BCUT2D eigenvalue weighted by atomic mass is 16.8. The standard InChI is InChI=1S/C26H38N2O3/c1-20-14-15-24(18-22-9-3-2-4-10-22)28(20)26(29)23(17-21-11-5-6-12-21)19-27-31-25-13-7-8-16-30-25/h2-4,9,14-15,21-25,27H,1,5-8,10-13,16-19H2/t22?,23-,24-,25?/m1/s1. The van der Waals surface area contributed by atoms with Crippen molar-refractivity contribution in [2.24, 2.45) is 17.8 Å². The van der Waals surface area contributed by atoms with Gasteiger partial charge in [0.25, 0.3) is 0 Å². The summed E-state index contributed by atoms with van der Waals surface area (Å²) in [4.78, 5) is 21.5. The number of carbonyl (C=O) groups excluding carboxylic acids is 1. The molecule has 4 rings (SSSR count). The summed E-state index contributed by atoms with van der Waals surface area (Å²) in [5.41, 5.74) is 3.92. The van der Waals surface area contributed by atoms with Gasteiger partial charge in [-0.3, -0.25) is 9.63 Å². The Morgan fingerprint density at radius 1 is 1.19 bits per heavy atom. The number of hydroxylamine groups is 1. The average molecular weight is 427 g/mol. The van der Waals surface area contributed by atoms with E-state index in [0.717, 1.165) is 50.8 Å². The molecule has 0 aromatic carbocycles. The van der Waals surface area contributed by atoms with Crippen molar-refractivity contribution in [2.45, 2.75) is 76.5 Å². The molecule has 1 saturated heterocycles. The van der Waals surface area contributed by atoms with Crippen LogP contribution in [0.1, 0.15) is 64.2 Å². The predicted molar refractivity (Wildman–Crippen MR) is 123 cm³/mol. The molecule has 2 fully saturated rings. The second-order valence-electron chi connectivity index (χ2n) is 9.52. The molecule has 170 valence electrons. The van der Waals surface area contributed by atoms with Crippen molar-refractivity contribution < 1.29 is 14.4 Å². The van der Waals surface area contributed by atoms with E-state index >= 15 is 0 Å². The number of hydrogen-bond donors (Lipinski definition) is 1. The van der Waals surface area contributed by atoms with Gasteiger partial charge in [0.2, 0.25) is 5.91 Å². The first-order chi connectivity index (χ1) is 15.2. The molecule has 1 amide bonds. The zero-order valence-corrected chi connectivity index (χ0v) is 18.7. The van der Waals surface area contributed by atoms with E-state index in [4.69, 9.17) is 9.57 Å². The van der Waals surface area contributed by atoms with Crippen molar-refractivity contribution in [3.05, 3.63) is 48.7 Å². The van der Waals surface area contributed by atoms with Gasteiger partial charge >= 0.3 is 0 Å². The molecule has 0 aromatic heterocycles. The van der Waals surface area contributed by atoms with E-state index in [1.807, 2.05) is 11.0 Å². The van der Waals surface area contributed by atoms with E-state index in [1.165, 1.54) is 25.7 Å². The Balaban J connectivity index is 1.38. The summed E-state index contributed by atoms with van der Waals surface area (Å²) < 4.78 is 5.66. The number of hydrogen-bond acceptors (Lipinski definition) is 4. The van der Waals surface area contributed by atoms with Crippen LogP contribution in [0.15, 0.2) is 48.7 Å². The lowest BCUT2D eigenvalue weighted by atomic mass is 9.90. The third-order valence-electron chi connectivity index (χ3n) is 7.13. The SMILES string of the molecule is C=C1C=C[C@H](CC2C=CC=CC2)N1C(=O)[C@@H](CNOC1CCCCO1)CC1CCCC1. The highest BCUT2D eigenvalue weighted by Crippen LogP contribution is 2.34. The van der Waals surface area contributed by atoms with Gasteiger partial charge in [-0.15, -0.1) is 0 Å². The van der Waals surface area contributed by atoms with Crippen LogP contribution in [0.2, 0.25) is 0 Å². The molecule has 1 N–H and O–H groups in total. The van der Waals surface area contributed by atoms with E-state index in [2.05, 4.69) is 42.4 Å². The van der Waals surface area contributed by atoms with Gasteiger partial charge < -0.3 is 9.64 Å². The molecule has 0 aromatic rings. The van der Waals surface area contributed by atoms with Crippen LogP contribution in [-0.2, 0) is 14.4 Å². The van der Waals surface area contributed by atoms with Crippen molar-refractivity contribution in [3.8, 4) is 0 Å². The number of nitrogens with one attached hydrogen (secondary N) is 1. The lowest BCUT2D eigenvalue weighted by Crippen LogP contribution is -2.44. The number of allylic oxidation sites excluding steroid dienone is 5. The average Bonchev–Trinajstić information content (AvgIpc) is 3.44. The zero-order chi connectivity index (χ0) is 21.5. The van der Waals surface area contributed by atoms with Crippen LogP contribution in [0.25, 0.3) is 0 Å². The van der Waals surface area contributed by atoms with Crippen LogP contribution in [0.4, 0.5) is 0 Å². The van der Waals surface area contributed by atoms with Gasteiger partial charge in [0, 0.05) is 25.3 Å². The first kappa shape index (κ1) is 22.5. The molecule has 2 aliphatic carbocycles. The molecule has 2 unspecified atom stereocenters. The molecular weight excluding hydrogens is 388 g/mol. The molecule has 4 aliphatic rings. The normalized spacial score (nSPS) is 29.7. The van der Waals surface area contributed by atoms with Crippen molar-refractivity contribution >= 4 is 5.91 Å². The monoisotopic (exact) mass is 426 g/mol. The van der Waals surface area contributed by atoms with Crippen LogP contribution in [-0.4, -0.2) is 36.3 Å². The lowest BCUT2D eigenvalue weighted by molar-refractivity contribution is -0.199. The maximum Gasteiger partial charge on any atom is 0.232 e. The molecule has 5 nitrogen and oxygen atoms in total. The van der Waals surface area contributed by atoms with Gasteiger partial charge in [-0.05, 0) is 50.0 Å². The van der Waals surface area contributed by atoms with Crippen LogP contribution in [0, 0.1) is 17.8 Å². The Labute approximate surface area is 187 Å². The predicted octanol–water partition coefficient (Wildman–Crippen LogP) is 5.03. The second-order valence-corrected chi connectivity index (χ2v) is 9.52. The van der Waals surface area contributed by atoms with Crippen LogP contribution in [0.5, 0.6) is 0 Å². The molecule has 2 aliphatic heterocycles. The minimum Gasteiger partial charge on any atom is -0.351 e. The second kappa shape index (κ2) is 11.3. The molecule has 4 atom stereocenters. The quantitative estimate of drug-likeness (QED) is 0.525. The Morgan fingerprint density at radius 2 is 2.03 bits per heavy atom. The minimum absolute atomic E-state index is 0.0924. The van der Waals surface area contributed by atoms with Crippen molar-refractivity contribution in [3.63, 3.8) is 0 Å². The van der Waals surface area contributed by atoms with Crippen LogP contribution < -0.4 is 5.48 Å². The van der Waals surface area contributed by atoms with Crippen molar-refractivity contribution in [2.75, 3.05) is 13.2 Å². The Morgan fingerprint density at radius 3 is 2.77 bits per heavy atom. The highest BCUT2D eigenvalue weighted by molar-refractivity contribution is 5.82. The maximum absolute atomic E-state index is 13.7. The van der Waals surface area contributed by atoms with E-state index < -0.39 is 0 Å². The van der Waals surface area contributed by atoms with E-state index in [1.54, 1.807) is 0 Å². The van der Waals surface area contributed by atoms with Crippen LogP contribution in [0.3, 0.4) is 0 Å². The number of carbonyl (C=O) groups is 1. The Bertz CT molecular complexity index is 701. The van der Waals surface area contributed by atoms with Gasteiger partial charge in [0.1, 0.15) is 0 Å². The molecule has 5 heteroatoms. The van der Waals surface area contributed by atoms with Crippen molar-refractivity contribution in [1.82, 2.24) is 10.4 Å². The summed E-state index contributed by atoms with van der Waals surface area (Å²) in [7, 11) is 0. The van der Waals surface area contributed by atoms with Gasteiger partial charge in [-0.2, -0.15) is 5.48 Å². The fourth-order valence-electron chi connectivity index (χ4n) is 5.37. The molecule has 0 radical (unpaired) electrons. The molecule has 31 heavy (non-hydrogen) atoms. The fraction of sp³-hybridized carbons (Fsp3) is 0.654. The number of nitrogens with zero attached hydrogens (tertiary/aromatic N) is 1. The highest BCUT2D eigenvalue weighted by Gasteiger charge is 2.35. The molecule has 0 spiro atoms. The minimum atomic E-state index is -0.196. The maximum atomic E-state index is 13.7. The summed E-state index contributed by atoms with van der Waals surface area (Å²) in [5.74, 6) is 1.19. The number of amides is 1. The van der Waals surface area contributed by atoms with E-state index in [9.17, 15) is 4.79 Å².